The van der Waals surface area contributed by atoms with Crippen LogP contribution in [0.4, 0.5) is 0 Å². The van der Waals surface area contributed by atoms with Gasteiger partial charge < -0.3 is 4.90 Å². The highest BCUT2D eigenvalue weighted by atomic mass is 16.2. The van der Waals surface area contributed by atoms with Gasteiger partial charge in [-0.1, -0.05) is 29.8 Å². The number of likely N-dealkylation sites (tertiary alicyclic amines) is 1. The Labute approximate surface area is 167 Å². The second-order valence-electron chi connectivity index (χ2n) is 8.34. The highest BCUT2D eigenvalue weighted by Crippen LogP contribution is 2.38. The van der Waals surface area contributed by atoms with Gasteiger partial charge in [-0.25, -0.2) is 0 Å². The zero-order valence-corrected chi connectivity index (χ0v) is 17.0. The topological polar surface area (TPSA) is 37.4 Å². The van der Waals surface area contributed by atoms with Crippen LogP contribution in [0.25, 0.3) is 5.57 Å². The number of amides is 1. The summed E-state index contributed by atoms with van der Waals surface area (Å²) in [5.41, 5.74) is 8.21. The molecule has 1 aromatic carbocycles. The lowest BCUT2D eigenvalue weighted by molar-refractivity contribution is -0.132. The van der Waals surface area contributed by atoms with E-state index in [1.165, 1.54) is 28.7 Å². The molecule has 1 saturated heterocycles. The molecule has 1 aromatic rings. The van der Waals surface area contributed by atoms with Crippen LogP contribution in [0.2, 0.25) is 0 Å². The molecule has 0 N–H and O–H groups in total. The third-order valence-electron chi connectivity index (χ3n) is 6.48. The molecule has 1 amide bonds. The van der Waals surface area contributed by atoms with E-state index in [4.69, 9.17) is 0 Å². The van der Waals surface area contributed by atoms with Gasteiger partial charge in [0.05, 0.1) is 0 Å². The van der Waals surface area contributed by atoms with Gasteiger partial charge in [0, 0.05) is 31.5 Å². The standard InChI is InChI=1S/C25H29NO2/c1-17-14-20(15-23-22-9-5-4-8-19(22)16-24(23)27)18(2)21(17)10-11-25(28)26-12-6-3-7-13-26/h4-5,8-9,15H,3,6-7,10-14,16H2,1-2H3/b23-15-. The van der Waals surface area contributed by atoms with Gasteiger partial charge in [0.1, 0.15) is 0 Å². The van der Waals surface area contributed by atoms with Crippen LogP contribution in [0.5, 0.6) is 0 Å². The molecule has 28 heavy (non-hydrogen) atoms. The lowest BCUT2D eigenvalue weighted by Crippen LogP contribution is -2.35. The van der Waals surface area contributed by atoms with Crippen LogP contribution in [-0.4, -0.2) is 29.7 Å². The van der Waals surface area contributed by atoms with Crippen LogP contribution in [0.1, 0.15) is 63.5 Å². The third kappa shape index (κ3) is 3.63. The lowest BCUT2D eigenvalue weighted by Gasteiger charge is -2.26. The van der Waals surface area contributed by atoms with Gasteiger partial charge in [0.2, 0.25) is 5.91 Å². The molecule has 0 radical (unpaired) electrons. The molecule has 0 aromatic heterocycles. The summed E-state index contributed by atoms with van der Waals surface area (Å²) >= 11 is 0. The summed E-state index contributed by atoms with van der Waals surface area (Å²) in [6.07, 6.45) is 8.43. The van der Waals surface area contributed by atoms with Crippen LogP contribution in [-0.2, 0) is 16.0 Å². The van der Waals surface area contributed by atoms with Crippen molar-refractivity contribution in [3.05, 3.63) is 63.8 Å². The molecular weight excluding hydrogens is 346 g/mol. The van der Waals surface area contributed by atoms with Crippen molar-refractivity contribution in [2.75, 3.05) is 13.1 Å². The Balaban J connectivity index is 1.49. The fourth-order valence-corrected chi connectivity index (χ4v) is 4.82. The lowest BCUT2D eigenvalue weighted by atomic mass is 9.99. The predicted octanol–water partition coefficient (Wildman–Crippen LogP) is 5.02. The Hall–Kier alpha value is -2.42. The first kappa shape index (κ1) is 18.9. The summed E-state index contributed by atoms with van der Waals surface area (Å²) in [6, 6.07) is 8.10. The van der Waals surface area contributed by atoms with Gasteiger partial charge >= 0.3 is 0 Å². The number of nitrogens with zero attached hydrogens (tertiary/aromatic N) is 1. The maximum atomic E-state index is 12.5. The largest absolute Gasteiger partial charge is 0.343 e. The summed E-state index contributed by atoms with van der Waals surface area (Å²) in [5, 5.41) is 0. The number of rotatable bonds is 4. The van der Waals surface area contributed by atoms with Crippen LogP contribution in [0, 0.1) is 0 Å². The number of Topliss-reactive ketones (excluding diaryl/α,β-unsaturated/α-hetero) is 1. The number of allylic oxidation sites excluding steroid dienone is 6. The molecule has 3 aliphatic rings. The van der Waals surface area contributed by atoms with Crippen molar-refractivity contribution in [1.29, 1.82) is 0 Å². The molecule has 1 aliphatic heterocycles. The maximum absolute atomic E-state index is 12.5. The first-order chi connectivity index (χ1) is 13.5. The van der Waals surface area contributed by atoms with Gasteiger partial charge in [0.15, 0.2) is 5.78 Å². The molecule has 0 bridgehead atoms. The van der Waals surface area contributed by atoms with E-state index >= 15 is 0 Å². The first-order valence-electron chi connectivity index (χ1n) is 10.5. The number of hydrogen-bond acceptors (Lipinski definition) is 2. The normalized spacial score (nSPS) is 21.1. The summed E-state index contributed by atoms with van der Waals surface area (Å²) in [7, 11) is 0. The molecule has 2 aliphatic carbocycles. The van der Waals surface area contributed by atoms with Gasteiger partial charge in [-0.2, -0.15) is 0 Å². The average Bonchev–Trinajstić information content (AvgIpc) is 3.16. The molecule has 0 atom stereocenters. The number of carbonyl (C=O) groups is 2. The number of carbonyl (C=O) groups excluding carboxylic acids is 2. The molecular formula is C25H29NO2. The maximum Gasteiger partial charge on any atom is 0.222 e. The predicted molar refractivity (Wildman–Crippen MR) is 113 cm³/mol. The minimum Gasteiger partial charge on any atom is -0.343 e. The molecule has 0 unspecified atom stereocenters. The highest BCUT2D eigenvalue weighted by molar-refractivity contribution is 6.25. The monoisotopic (exact) mass is 375 g/mol. The Morgan fingerprint density at radius 2 is 1.82 bits per heavy atom. The Morgan fingerprint density at radius 3 is 2.61 bits per heavy atom. The minimum atomic E-state index is 0.216. The van der Waals surface area contributed by atoms with Gasteiger partial charge in [0.25, 0.3) is 0 Å². The van der Waals surface area contributed by atoms with E-state index in [-0.39, 0.29) is 5.78 Å². The smallest absolute Gasteiger partial charge is 0.222 e. The fraction of sp³-hybridized carbons (Fsp3) is 0.440. The second-order valence-corrected chi connectivity index (χ2v) is 8.34. The number of fused-ring (bicyclic) bond motifs is 1. The Bertz CT molecular complexity index is 910. The molecule has 1 fully saturated rings. The van der Waals surface area contributed by atoms with Crippen molar-refractivity contribution in [2.24, 2.45) is 0 Å². The van der Waals surface area contributed by atoms with E-state index in [0.717, 1.165) is 55.5 Å². The van der Waals surface area contributed by atoms with E-state index in [9.17, 15) is 9.59 Å². The third-order valence-corrected chi connectivity index (χ3v) is 6.48. The van der Waals surface area contributed by atoms with Crippen molar-refractivity contribution in [2.45, 2.75) is 58.8 Å². The quantitative estimate of drug-likeness (QED) is 0.693. The van der Waals surface area contributed by atoms with E-state index in [0.29, 0.717) is 18.7 Å². The van der Waals surface area contributed by atoms with Crippen molar-refractivity contribution in [3.63, 3.8) is 0 Å². The highest BCUT2D eigenvalue weighted by Gasteiger charge is 2.26. The van der Waals surface area contributed by atoms with Gasteiger partial charge in [-0.15, -0.1) is 0 Å². The first-order valence-corrected chi connectivity index (χ1v) is 10.5. The Morgan fingerprint density at radius 1 is 1.07 bits per heavy atom. The molecule has 4 rings (SSSR count). The van der Waals surface area contributed by atoms with E-state index in [1.54, 1.807) is 0 Å². The SMILES string of the molecule is CC1=C(CCC(=O)N2CCCCC2)C(C)=C(/C=C2\C(=O)Cc3ccccc32)C1. The van der Waals surface area contributed by atoms with E-state index < -0.39 is 0 Å². The molecule has 1 heterocycles. The van der Waals surface area contributed by atoms with Crippen molar-refractivity contribution in [3.8, 4) is 0 Å². The van der Waals surface area contributed by atoms with E-state index in [2.05, 4.69) is 26.0 Å². The molecule has 0 saturated carbocycles. The summed E-state index contributed by atoms with van der Waals surface area (Å²) in [6.45, 7) is 6.16. The van der Waals surface area contributed by atoms with Crippen molar-refractivity contribution >= 4 is 17.3 Å². The molecule has 146 valence electrons. The second kappa shape index (κ2) is 7.90. The summed E-state index contributed by atoms with van der Waals surface area (Å²) in [5.74, 6) is 0.507. The average molecular weight is 376 g/mol. The van der Waals surface area contributed by atoms with Gasteiger partial charge in [-0.05, 0) is 79.9 Å². The van der Waals surface area contributed by atoms with Gasteiger partial charge in [-0.3, -0.25) is 9.59 Å². The molecule has 3 heteroatoms. The van der Waals surface area contributed by atoms with Crippen LogP contribution >= 0.6 is 0 Å². The van der Waals surface area contributed by atoms with Crippen molar-refractivity contribution in [1.82, 2.24) is 4.90 Å². The number of ketones is 1. The van der Waals surface area contributed by atoms with Crippen molar-refractivity contribution < 1.29 is 9.59 Å². The minimum absolute atomic E-state index is 0.216. The zero-order chi connectivity index (χ0) is 19.7. The van der Waals surface area contributed by atoms with Crippen LogP contribution in [0.15, 0.2) is 52.6 Å². The summed E-state index contributed by atoms with van der Waals surface area (Å²) in [4.78, 5) is 27.1. The zero-order valence-electron chi connectivity index (χ0n) is 17.0. The number of benzene rings is 1. The molecule has 0 spiro atoms. The molecule has 3 nitrogen and oxygen atoms in total. The number of hydrogen-bond donors (Lipinski definition) is 0. The fourth-order valence-electron chi connectivity index (χ4n) is 4.82. The van der Waals surface area contributed by atoms with Crippen LogP contribution in [0.3, 0.4) is 0 Å². The Kier molecular flexibility index (Phi) is 5.34. The summed E-state index contributed by atoms with van der Waals surface area (Å²) < 4.78 is 0. The number of piperidine rings is 1. The van der Waals surface area contributed by atoms with Crippen LogP contribution < -0.4 is 0 Å². The van der Waals surface area contributed by atoms with E-state index in [1.807, 2.05) is 23.1 Å².